The quantitative estimate of drug-likeness (QED) is 0.728. The maximum Gasteiger partial charge on any atom is 0.118 e. The van der Waals surface area contributed by atoms with E-state index in [2.05, 4.69) is 40.2 Å². The van der Waals surface area contributed by atoms with Gasteiger partial charge in [-0.1, -0.05) is 47.3 Å². The van der Waals surface area contributed by atoms with Gasteiger partial charge < -0.3 is 4.74 Å². The second-order valence-electron chi connectivity index (χ2n) is 4.93. The van der Waals surface area contributed by atoms with Gasteiger partial charge in [-0.3, -0.25) is 0 Å². The van der Waals surface area contributed by atoms with Crippen molar-refractivity contribution in [2.75, 3.05) is 12.4 Å². The highest BCUT2D eigenvalue weighted by Crippen LogP contribution is 2.37. The minimum absolute atomic E-state index is 0.668. The summed E-state index contributed by atoms with van der Waals surface area (Å²) in [6.45, 7) is 0. The van der Waals surface area contributed by atoms with Crippen molar-refractivity contribution in [2.45, 2.75) is 38.0 Å². The first kappa shape index (κ1) is 12.9. The monoisotopic (exact) mass is 296 g/mol. The van der Waals surface area contributed by atoms with Gasteiger partial charge >= 0.3 is 0 Å². The third-order valence-electron chi connectivity index (χ3n) is 3.93. The molecule has 1 nitrogen and oxygen atoms in total. The van der Waals surface area contributed by atoms with Crippen LogP contribution in [0.3, 0.4) is 0 Å². The predicted molar refractivity (Wildman–Crippen MR) is 76.1 cm³/mol. The second kappa shape index (κ2) is 6.44. The average Bonchev–Trinajstić information content (AvgIpc) is 2.42. The van der Waals surface area contributed by atoms with Crippen LogP contribution in [-0.4, -0.2) is 12.4 Å². The summed E-state index contributed by atoms with van der Waals surface area (Å²) in [4.78, 5) is 0. The molecule has 0 aliphatic heterocycles. The van der Waals surface area contributed by atoms with Crippen molar-refractivity contribution < 1.29 is 4.74 Å². The van der Waals surface area contributed by atoms with Gasteiger partial charge in [-0.2, -0.15) is 0 Å². The summed E-state index contributed by atoms with van der Waals surface area (Å²) in [7, 11) is 1.72. The predicted octanol–water partition coefficient (Wildman–Crippen LogP) is 4.75. The Bertz CT molecular complexity index is 327. The van der Waals surface area contributed by atoms with Crippen LogP contribution in [-0.2, 0) is 0 Å². The van der Waals surface area contributed by atoms with Crippen LogP contribution in [0.5, 0.6) is 5.75 Å². The fourth-order valence-electron chi connectivity index (χ4n) is 2.87. The number of halogens is 1. The molecule has 17 heavy (non-hydrogen) atoms. The molecule has 1 aromatic carbocycles. The topological polar surface area (TPSA) is 9.23 Å². The molecule has 0 heterocycles. The van der Waals surface area contributed by atoms with Crippen LogP contribution in [0, 0.1) is 5.92 Å². The lowest BCUT2D eigenvalue weighted by Crippen LogP contribution is -2.17. The Balaban J connectivity index is 2.10. The summed E-state index contributed by atoms with van der Waals surface area (Å²) in [5.41, 5.74) is 1.45. The van der Waals surface area contributed by atoms with Crippen LogP contribution >= 0.6 is 15.9 Å². The van der Waals surface area contributed by atoms with Crippen molar-refractivity contribution in [3.8, 4) is 5.75 Å². The molecular formula is C15H21BrO. The number of rotatable bonds is 4. The molecule has 0 aromatic heterocycles. The fourth-order valence-corrected chi connectivity index (χ4v) is 3.78. The number of alkyl halides is 1. The van der Waals surface area contributed by atoms with E-state index in [1.165, 1.54) is 37.7 Å². The van der Waals surface area contributed by atoms with Gasteiger partial charge in [0.05, 0.1) is 7.11 Å². The van der Waals surface area contributed by atoms with Crippen LogP contribution in [0.4, 0.5) is 0 Å². The van der Waals surface area contributed by atoms with Crippen molar-refractivity contribution >= 4 is 15.9 Å². The highest BCUT2D eigenvalue weighted by molar-refractivity contribution is 9.09. The molecule has 1 fully saturated rings. The molecule has 1 saturated carbocycles. The minimum atomic E-state index is 0.668. The van der Waals surface area contributed by atoms with E-state index in [9.17, 15) is 0 Å². The van der Waals surface area contributed by atoms with Gasteiger partial charge in [0, 0.05) is 5.33 Å². The van der Waals surface area contributed by atoms with E-state index in [1.54, 1.807) is 7.11 Å². The zero-order chi connectivity index (χ0) is 12.1. The van der Waals surface area contributed by atoms with E-state index in [1.807, 2.05) is 0 Å². The van der Waals surface area contributed by atoms with Crippen LogP contribution in [0.1, 0.15) is 43.6 Å². The number of ether oxygens (including phenoxy) is 1. The first-order valence-corrected chi connectivity index (χ1v) is 7.67. The van der Waals surface area contributed by atoms with Crippen molar-refractivity contribution in [2.24, 2.45) is 5.92 Å². The van der Waals surface area contributed by atoms with Crippen molar-refractivity contribution in [3.63, 3.8) is 0 Å². The van der Waals surface area contributed by atoms with Gasteiger partial charge in [0.1, 0.15) is 5.75 Å². The Morgan fingerprint density at radius 1 is 1.18 bits per heavy atom. The molecule has 1 aliphatic carbocycles. The van der Waals surface area contributed by atoms with Crippen molar-refractivity contribution in [1.82, 2.24) is 0 Å². The SMILES string of the molecule is COc1ccc(C(CBr)C2CCCCC2)cc1. The second-order valence-corrected chi connectivity index (χ2v) is 5.58. The van der Waals surface area contributed by atoms with Crippen LogP contribution in [0.2, 0.25) is 0 Å². The summed E-state index contributed by atoms with van der Waals surface area (Å²) in [5.74, 6) is 2.48. The third kappa shape index (κ3) is 3.25. The average molecular weight is 297 g/mol. The van der Waals surface area contributed by atoms with Gasteiger partial charge in [0.2, 0.25) is 0 Å². The summed E-state index contributed by atoms with van der Waals surface area (Å²) in [6, 6.07) is 8.60. The van der Waals surface area contributed by atoms with Gasteiger partial charge in [-0.05, 0) is 42.4 Å². The van der Waals surface area contributed by atoms with E-state index in [-0.39, 0.29) is 0 Å². The molecule has 0 radical (unpaired) electrons. The van der Waals surface area contributed by atoms with Crippen LogP contribution in [0.25, 0.3) is 0 Å². The molecule has 1 unspecified atom stereocenters. The van der Waals surface area contributed by atoms with Crippen LogP contribution < -0.4 is 4.74 Å². The first-order chi connectivity index (χ1) is 8.35. The lowest BCUT2D eigenvalue weighted by molar-refractivity contribution is 0.319. The first-order valence-electron chi connectivity index (χ1n) is 6.55. The molecule has 2 rings (SSSR count). The summed E-state index contributed by atoms with van der Waals surface area (Å²) in [6.07, 6.45) is 7.02. The number of hydrogen-bond donors (Lipinski definition) is 0. The number of hydrogen-bond acceptors (Lipinski definition) is 1. The lowest BCUT2D eigenvalue weighted by atomic mass is 9.78. The van der Waals surface area contributed by atoms with Gasteiger partial charge in [0.25, 0.3) is 0 Å². The summed E-state index contributed by atoms with van der Waals surface area (Å²) in [5, 5.41) is 1.07. The maximum absolute atomic E-state index is 5.22. The molecular weight excluding hydrogens is 276 g/mol. The highest BCUT2D eigenvalue weighted by atomic mass is 79.9. The van der Waals surface area contributed by atoms with Gasteiger partial charge in [-0.15, -0.1) is 0 Å². The molecule has 0 amide bonds. The molecule has 1 aromatic rings. The lowest BCUT2D eigenvalue weighted by Gasteiger charge is -2.29. The third-order valence-corrected chi connectivity index (χ3v) is 4.63. The van der Waals surface area contributed by atoms with Crippen molar-refractivity contribution in [1.29, 1.82) is 0 Å². The molecule has 2 heteroatoms. The summed E-state index contributed by atoms with van der Waals surface area (Å²) >= 11 is 3.69. The van der Waals surface area contributed by atoms with Gasteiger partial charge in [-0.25, -0.2) is 0 Å². The molecule has 94 valence electrons. The Morgan fingerprint density at radius 3 is 2.35 bits per heavy atom. The zero-order valence-corrected chi connectivity index (χ0v) is 12.1. The molecule has 0 N–H and O–H groups in total. The minimum Gasteiger partial charge on any atom is -0.497 e. The molecule has 0 saturated heterocycles. The Hall–Kier alpha value is -0.500. The maximum atomic E-state index is 5.22. The van der Waals surface area contributed by atoms with E-state index < -0.39 is 0 Å². The normalized spacial score (nSPS) is 18.9. The van der Waals surface area contributed by atoms with Gasteiger partial charge in [0.15, 0.2) is 0 Å². The Labute approximate surface area is 113 Å². The highest BCUT2D eigenvalue weighted by Gasteiger charge is 2.24. The molecule has 1 atom stereocenters. The van der Waals surface area contributed by atoms with E-state index >= 15 is 0 Å². The smallest absolute Gasteiger partial charge is 0.118 e. The van der Waals surface area contributed by atoms with E-state index in [0.717, 1.165) is 17.0 Å². The number of methoxy groups -OCH3 is 1. The number of benzene rings is 1. The largest absolute Gasteiger partial charge is 0.497 e. The van der Waals surface area contributed by atoms with E-state index in [4.69, 9.17) is 4.74 Å². The zero-order valence-electron chi connectivity index (χ0n) is 10.5. The van der Waals surface area contributed by atoms with E-state index in [0.29, 0.717) is 5.92 Å². The standard InChI is InChI=1S/C15H21BrO/c1-17-14-9-7-13(8-10-14)15(11-16)12-5-3-2-4-6-12/h7-10,12,15H,2-6,11H2,1H3. The molecule has 0 bridgehead atoms. The Morgan fingerprint density at radius 2 is 1.82 bits per heavy atom. The summed E-state index contributed by atoms with van der Waals surface area (Å²) < 4.78 is 5.22. The fraction of sp³-hybridized carbons (Fsp3) is 0.600. The van der Waals surface area contributed by atoms with Crippen molar-refractivity contribution in [3.05, 3.63) is 29.8 Å². The molecule has 1 aliphatic rings. The molecule has 0 spiro atoms. The van der Waals surface area contributed by atoms with Crippen LogP contribution in [0.15, 0.2) is 24.3 Å². The Kier molecular flexibility index (Phi) is 4.90.